The van der Waals surface area contributed by atoms with E-state index in [-0.39, 0.29) is 6.61 Å². The summed E-state index contributed by atoms with van der Waals surface area (Å²) in [5.41, 5.74) is 0. The second-order valence-electron chi connectivity index (χ2n) is 4.96. The van der Waals surface area contributed by atoms with Crippen LogP contribution in [0.25, 0.3) is 0 Å². The standard InChI is InChI=1S/C12H20N2O4/c1-2-13-5-3-9(4-6-13)7-14-10(11(15)16)8-18-12(14)17/h9-10H,2-8H2,1H3,(H,15,16). The van der Waals surface area contributed by atoms with Crippen LogP contribution in [0.2, 0.25) is 0 Å². The van der Waals surface area contributed by atoms with Gasteiger partial charge in [0.1, 0.15) is 6.61 Å². The number of nitrogens with zero attached hydrogens (tertiary/aromatic N) is 2. The van der Waals surface area contributed by atoms with E-state index in [9.17, 15) is 9.59 Å². The van der Waals surface area contributed by atoms with Crippen molar-refractivity contribution >= 4 is 12.1 Å². The second-order valence-corrected chi connectivity index (χ2v) is 4.96. The van der Waals surface area contributed by atoms with Crippen LogP contribution < -0.4 is 0 Å². The van der Waals surface area contributed by atoms with Gasteiger partial charge in [0, 0.05) is 6.54 Å². The molecular weight excluding hydrogens is 236 g/mol. The molecule has 6 heteroatoms. The van der Waals surface area contributed by atoms with Gasteiger partial charge in [0.15, 0.2) is 6.04 Å². The van der Waals surface area contributed by atoms with E-state index in [0.29, 0.717) is 12.5 Å². The maximum Gasteiger partial charge on any atom is 0.410 e. The van der Waals surface area contributed by atoms with Crippen molar-refractivity contribution in [1.29, 1.82) is 0 Å². The van der Waals surface area contributed by atoms with Gasteiger partial charge in [-0.05, 0) is 38.4 Å². The molecule has 18 heavy (non-hydrogen) atoms. The lowest BCUT2D eigenvalue weighted by molar-refractivity contribution is -0.141. The smallest absolute Gasteiger partial charge is 0.410 e. The molecule has 0 aliphatic carbocycles. The molecule has 102 valence electrons. The molecule has 0 aromatic rings. The highest BCUT2D eigenvalue weighted by Crippen LogP contribution is 2.22. The van der Waals surface area contributed by atoms with Crippen LogP contribution in [-0.2, 0) is 9.53 Å². The zero-order valence-corrected chi connectivity index (χ0v) is 10.7. The van der Waals surface area contributed by atoms with Gasteiger partial charge in [-0.3, -0.25) is 4.90 Å². The van der Waals surface area contributed by atoms with Crippen LogP contribution in [0.3, 0.4) is 0 Å². The Morgan fingerprint density at radius 3 is 2.67 bits per heavy atom. The number of piperidine rings is 1. The highest BCUT2D eigenvalue weighted by molar-refractivity contribution is 5.82. The molecule has 1 amide bonds. The third kappa shape index (κ3) is 2.75. The van der Waals surface area contributed by atoms with E-state index in [0.717, 1.165) is 32.5 Å². The van der Waals surface area contributed by atoms with Gasteiger partial charge in [0.25, 0.3) is 0 Å². The van der Waals surface area contributed by atoms with Crippen LogP contribution >= 0.6 is 0 Å². The van der Waals surface area contributed by atoms with Crippen molar-refractivity contribution < 1.29 is 19.4 Å². The Morgan fingerprint density at radius 1 is 1.44 bits per heavy atom. The molecule has 2 aliphatic rings. The number of carbonyl (C=O) groups is 2. The first kappa shape index (κ1) is 13.1. The number of likely N-dealkylation sites (tertiary alicyclic amines) is 1. The van der Waals surface area contributed by atoms with E-state index in [4.69, 9.17) is 9.84 Å². The van der Waals surface area contributed by atoms with Gasteiger partial charge < -0.3 is 14.7 Å². The molecule has 1 unspecified atom stereocenters. The Bertz CT molecular complexity index is 326. The van der Waals surface area contributed by atoms with Gasteiger partial charge in [-0.15, -0.1) is 0 Å². The molecule has 1 atom stereocenters. The molecule has 2 saturated heterocycles. The van der Waals surface area contributed by atoms with Crippen molar-refractivity contribution in [3.05, 3.63) is 0 Å². The zero-order valence-electron chi connectivity index (χ0n) is 10.7. The number of hydrogen-bond acceptors (Lipinski definition) is 4. The highest BCUT2D eigenvalue weighted by atomic mass is 16.6. The largest absolute Gasteiger partial charge is 0.480 e. The summed E-state index contributed by atoms with van der Waals surface area (Å²) in [6, 6.07) is -0.804. The fraction of sp³-hybridized carbons (Fsp3) is 0.833. The summed E-state index contributed by atoms with van der Waals surface area (Å²) >= 11 is 0. The van der Waals surface area contributed by atoms with Gasteiger partial charge >= 0.3 is 12.1 Å². The number of carbonyl (C=O) groups excluding carboxylic acids is 1. The summed E-state index contributed by atoms with van der Waals surface area (Å²) in [6.45, 7) is 5.73. The SMILES string of the molecule is CCN1CCC(CN2C(=O)OCC2C(=O)O)CC1. The van der Waals surface area contributed by atoms with Gasteiger partial charge in [0.2, 0.25) is 0 Å². The summed E-state index contributed by atoms with van der Waals surface area (Å²) in [6.07, 6.45) is 1.55. The summed E-state index contributed by atoms with van der Waals surface area (Å²) in [7, 11) is 0. The van der Waals surface area contributed by atoms with Gasteiger partial charge in [-0.25, -0.2) is 9.59 Å². The lowest BCUT2D eigenvalue weighted by Gasteiger charge is -2.33. The van der Waals surface area contributed by atoms with Crippen molar-refractivity contribution in [3.8, 4) is 0 Å². The number of amides is 1. The van der Waals surface area contributed by atoms with Crippen LogP contribution in [0.4, 0.5) is 4.79 Å². The molecule has 2 fully saturated rings. The van der Waals surface area contributed by atoms with Crippen LogP contribution in [-0.4, -0.2) is 65.8 Å². The fourth-order valence-corrected chi connectivity index (χ4v) is 2.62. The maximum absolute atomic E-state index is 11.5. The molecular formula is C12H20N2O4. The van der Waals surface area contributed by atoms with E-state index in [1.807, 2.05) is 0 Å². The van der Waals surface area contributed by atoms with Crippen molar-refractivity contribution in [1.82, 2.24) is 9.80 Å². The van der Waals surface area contributed by atoms with Gasteiger partial charge in [-0.2, -0.15) is 0 Å². The monoisotopic (exact) mass is 256 g/mol. The molecule has 1 N–H and O–H groups in total. The van der Waals surface area contributed by atoms with E-state index >= 15 is 0 Å². The normalized spacial score (nSPS) is 26.4. The van der Waals surface area contributed by atoms with Crippen LogP contribution in [0.15, 0.2) is 0 Å². The van der Waals surface area contributed by atoms with Gasteiger partial charge in [0.05, 0.1) is 0 Å². The number of aliphatic carboxylic acids is 1. The number of rotatable bonds is 4. The first-order valence-corrected chi connectivity index (χ1v) is 6.50. The number of carboxylic acid groups (broad SMARTS) is 1. The fourth-order valence-electron chi connectivity index (χ4n) is 2.62. The van der Waals surface area contributed by atoms with Crippen LogP contribution in [0, 0.1) is 5.92 Å². The average molecular weight is 256 g/mol. The minimum Gasteiger partial charge on any atom is -0.480 e. The summed E-state index contributed by atoms with van der Waals surface area (Å²) in [4.78, 5) is 26.3. The van der Waals surface area contributed by atoms with Gasteiger partial charge in [-0.1, -0.05) is 6.92 Å². The third-order valence-electron chi connectivity index (χ3n) is 3.87. The maximum atomic E-state index is 11.5. The third-order valence-corrected chi connectivity index (χ3v) is 3.87. The Labute approximate surface area is 106 Å². The van der Waals surface area contributed by atoms with E-state index in [2.05, 4.69) is 11.8 Å². The Morgan fingerprint density at radius 2 is 2.11 bits per heavy atom. The molecule has 0 bridgehead atoms. The lowest BCUT2D eigenvalue weighted by atomic mass is 9.96. The summed E-state index contributed by atoms with van der Waals surface area (Å²) in [5, 5.41) is 9.03. The molecule has 0 aromatic carbocycles. The minimum atomic E-state index is -0.980. The molecule has 0 saturated carbocycles. The van der Waals surface area contributed by atoms with Crippen molar-refractivity contribution in [2.45, 2.75) is 25.8 Å². The predicted octanol–water partition coefficient (Wildman–Crippen LogP) is 0.624. The average Bonchev–Trinajstić information content (AvgIpc) is 2.72. The molecule has 2 rings (SSSR count). The predicted molar refractivity (Wildman–Crippen MR) is 64.3 cm³/mol. The Kier molecular flexibility index (Phi) is 4.06. The van der Waals surface area contributed by atoms with Crippen molar-refractivity contribution in [2.24, 2.45) is 5.92 Å². The Hall–Kier alpha value is -1.30. The second kappa shape index (κ2) is 5.56. The molecule has 0 radical (unpaired) electrons. The first-order valence-electron chi connectivity index (χ1n) is 6.50. The van der Waals surface area contributed by atoms with E-state index in [1.54, 1.807) is 0 Å². The molecule has 0 aromatic heterocycles. The molecule has 0 spiro atoms. The van der Waals surface area contributed by atoms with E-state index in [1.165, 1.54) is 4.90 Å². The van der Waals surface area contributed by atoms with Crippen LogP contribution in [0.1, 0.15) is 19.8 Å². The molecule has 2 aliphatic heterocycles. The van der Waals surface area contributed by atoms with Crippen molar-refractivity contribution in [2.75, 3.05) is 32.8 Å². The lowest BCUT2D eigenvalue weighted by Crippen LogP contribution is -2.44. The topological polar surface area (TPSA) is 70.1 Å². The minimum absolute atomic E-state index is 0.0258. The highest BCUT2D eigenvalue weighted by Gasteiger charge is 2.39. The number of cyclic esters (lactones) is 1. The Balaban J connectivity index is 1.88. The number of ether oxygens (including phenoxy) is 1. The summed E-state index contributed by atoms with van der Waals surface area (Å²) < 4.78 is 4.82. The quantitative estimate of drug-likeness (QED) is 0.798. The summed E-state index contributed by atoms with van der Waals surface area (Å²) in [5.74, 6) is -0.591. The molecule has 6 nitrogen and oxygen atoms in total. The number of hydrogen-bond donors (Lipinski definition) is 1. The first-order chi connectivity index (χ1) is 8.61. The van der Waals surface area contributed by atoms with E-state index < -0.39 is 18.1 Å². The van der Waals surface area contributed by atoms with Crippen LogP contribution in [0.5, 0.6) is 0 Å². The molecule has 2 heterocycles. The zero-order chi connectivity index (χ0) is 13.1. The number of carboxylic acids is 1. The van der Waals surface area contributed by atoms with Crippen molar-refractivity contribution in [3.63, 3.8) is 0 Å².